The number of hydrogen-bond donors (Lipinski definition) is 2. The lowest BCUT2D eigenvalue weighted by Crippen LogP contribution is -2.38. The van der Waals surface area contributed by atoms with Crippen LogP contribution in [0.15, 0.2) is 30.3 Å². The Morgan fingerprint density at radius 2 is 1.71 bits per heavy atom. The molecule has 2 fully saturated rings. The Balaban J connectivity index is 1.71. The molecule has 1 amide bonds. The van der Waals surface area contributed by atoms with Gasteiger partial charge in [0.2, 0.25) is 5.91 Å². The quantitative estimate of drug-likeness (QED) is 0.875. The summed E-state index contributed by atoms with van der Waals surface area (Å²) in [5.74, 6) is -1.30. The van der Waals surface area contributed by atoms with Crippen LogP contribution in [0.2, 0.25) is 0 Å². The van der Waals surface area contributed by atoms with Gasteiger partial charge in [-0.15, -0.1) is 0 Å². The third-order valence-corrected chi connectivity index (χ3v) is 4.72. The maximum Gasteiger partial charge on any atom is 0.307 e. The van der Waals surface area contributed by atoms with Crippen LogP contribution in [0.4, 0.5) is 0 Å². The Labute approximate surface area is 124 Å². The third-order valence-electron chi connectivity index (χ3n) is 4.72. The van der Waals surface area contributed by atoms with Crippen LogP contribution < -0.4 is 5.32 Å². The lowest BCUT2D eigenvalue weighted by Gasteiger charge is -2.23. The maximum atomic E-state index is 12.5. The molecule has 2 N–H and O–H groups in total. The summed E-state index contributed by atoms with van der Waals surface area (Å²) in [5, 5.41) is 12.3. The third kappa shape index (κ3) is 3.09. The van der Waals surface area contributed by atoms with Crippen LogP contribution >= 0.6 is 0 Å². The summed E-state index contributed by atoms with van der Waals surface area (Å²) in [6.07, 6.45) is 4.40. The number of hydrogen-bond acceptors (Lipinski definition) is 2. The minimum atomic E-state index is -0.838. The van der Waals surface area contributed by atoms with E-state index in [0.717, 1.165) is 24.8 Å². The second kappa shape index (κ2) is 5.88. The van der Waals surface area contributed by atoms with Gasteiger partial charge in [0.1, 0.15) is 0 Å². The molecule has 4 nitrogen and oxygen atoms in total. The first-order valence-corrected chi connectivity index (χ1v) is 7.75. The summed E-state index contributed by atoms with van der Waals surface area (Å²) in [6, 6.07) is 10.0. The first-order chi connectivity index (χ1) is 10.2. The molecule has 1 aromatic carbocycles. The van der Waals surface area contributed by atoms with E-state index in [2.05, 4.69) is 5.32 Å². The summed E-state index contributed by atoms with van der Waals surface area (Å²) in [6.45, 7) is 0. The first kappa shape index (κ1) is 14.1. The van der Waals surface area contributed by atoms with Gasteiger partial charge in [-0.1, -0.05) is 36.8 Å². The lowest BCUT2D eigenvalue weighted by molar-refractivity contribution is -0.146. The number of benzene rings is 1. The number of carbonyl (C=O) groups is 2. The molecule has 1 aromatic rings. The molecule has 2 aliphatic rings. The average Bonchev–Trinajstić information content (AvgIpc) is 3.20. The molecular formula is C17H21NO3. The van der Waals surface area contributed by atoms with E-state index in [1.807, 2.05) is 30.3 Å². The van der Waals surface area contributed by atoms with E-state index in [9.17, 15) is 14.7 Å². The molecule has 0 aromatic heterocycles. The van der Waals surface area contributed by atoms with Gasteiger partial charge in [0.05, 0.1) is 17.9 Å². The first-order valence-electron chi connectivity index (χ1n) is 7.75. The highest BCUT2D eigenvalue weighted by Gasteiger charge is 2.40. The number of carboxylic acid groups (broad SMARTS) is 1. The Morgan fingerprint density at radius 1 is 1.05 bits per heavy atom. The Hall–Kier alpha value is -1.84. The van der Waals surface area contributed by atoms with Crippen LogP contribution in [0.5, 0.6) is 0 Å². The zero-order valence-corrected chi connectivity index (χ0v) is 12.0. The zero-order chi connectivity index (χ0) is 14.8. The van der Waals surface area contributed by atoms with Gasteiger partial charge < -0.3 is 10.4 Å². The largest absolute Gasteiger partial charge is 0.481 e. The highest BCUT2D eigenvalue weighted by molar-refractivity contribution is 5.85. The normalized spacial score (nSPS) is 26.3. The topological polar surface area (TPSA) is 66.4 Å². The number of carbonyl (C=O) groups excluding carboxylic acids is 1. The van der Waals surface area contributed by atoms with Gasteiger partial charge in [-0.3, -0.25) is 9.59 Å². The van der Waals surface area contributed by atoms with Crippen molar-refractivity contribution >= 4 is 11.9 Å². The van der Waals surface area contributed by atoms with Gasteiger partial charge in [-0.25, -0.2) is 0 Å². The van der Waals surface area contributed by atoms with Crippen molar-refractivity contribution in [3.8, 4) is 0 Å². The molecule has 0 radical (unpaired) electrons. The molecule has 0 aliphatic heterocycles. The fourth-order valence-electron chi connectivity index (χ4n) is 3.39. The highest BCUT2D eigenvalue weighted by Crippen LogP contribution is 2.42. The number of amides is 1. The Bertz CT molecular complexity index is 524. The van der Waals surface area contributed by atoms with Crippen molar-refractivity contribution in [1.29, 1.82) is 0 Å². The fraction of sp³-hybridized carbons (Fsp3) is 0.529. The smallest absolute Gasteiger partial charge is 0.307 e. The summed E-state index contributed by atoms with van der Waals surface area (Å²) in [5.41, 5.74) is 1.12. The van der Waals surface area contributed by atoms with Gasteiger partial charge in [0, 0.05) is 0 Å². The minimum absolute atomic E-state index is 0.0359. The molecule has 0 saturated heterocycles. The Morgan fingerprint density at radius 3 is 2.33 bits per heavy atom. The summed E-state index contributed by atoms with van der Waals surface area (Å²) < 4.78 is 0. The van der Waals surface area contributed by atoms with Crippen LogP contribution in [0, 0.1) is 17.8 Å². The Kier molecular flexibility index (Phi) is 3.95. The number of aliphatic carboxylic acids is 1. The predicted octanol–water partition coefficient (Wildman–Crippen LogP) is 2.75. The van der Waals surface area contributed by atoms with Crippen LogP contribution in [0.25, 0.3) is 0 Å². The zero-order valence-electron chi connectivity index (χ0n) is 12.0. The van der Waals surface area contributed by atoms with E-state index in [-0.39, 0.29) is 17.9 Å². The van der Waals surface area contributed by atoms with Crippen molar-refractivity contribution in [2.75, 3.05) is 0 Å². The molecule has 3 atom stereocenters. The monoisotopic (exact) mass is 287 g/mol. The molecular weight excluding hydrogens is 266 g/mol. The van der Waals surface area contributed by atoms with Gasteiger partial charge in [-0.2, -0.15) is 0 Å². The molecule has 1 unspecified atom stereocenters. The summed E-state index contributed by atoms with van der Waals surface area (Å²) >= 11 is 0. The molecule has 0 heterocycles. The SMILES string of the molecule is O=C(O)[C@H]1CCC[C@H]1C(=O)NC(c1ccccc1)C1CC1. The summed E-state index contributed by atoms with van der Waals surface area (Å²) in [7, 11) is 0. The van der Waals surface area contributed by atoms with Gasteiger partial charge in [-0.05, 0) is 37.2 Å². The second-order valence-electron chi connectivity index (χ2n) is 6.22. The molecule has 3 rings (SSSR count). The van der Waals surface area contributed by atoms with Gasteiger partial charge in [0.25, 0.3) is 0 Å². The standard InChI is InChI=1S/C17H21NO3/c19-16(13-7-4-8-14(13)17(20)21)18-15(12-9-10-12)11-5-2-1-3-6-11/h1-3,5-6,12-15H,4,7-10H2,(H,18,19)(H,20,21)/t13-,14+,15?/m1/s1. The van der Waals surface area contributed by atoms with Crippen LogP contribution in [-0.2, 0) is 9.59 Å². The van der Waals surface area contributed by atoms with Gasteiger partial charge >= 0.3 is 5.97 Å². The van der Waals surface area contributed by atoms with E-state index in [4.69, 9.17) is 0 Å². The predicted molar refractivity (Wildman–Crippen MR) is 78.5 cm³/mol. The number of nitrogens with one attached hydrogen (secondary N) is 1. The van der Waals surface area contributed by atoms with Crippen molar-refractivity contribution in [2.24, 2.45) is 17.8 Å². The average molecular weight is 287 g/mol. The molecule has 0 bridgehead atoms. The number of carboxylic acids is 1. The van der Waals surface area contributed by atoms with Crippen LogP contribution in [0.3, 0.4) is 0 Å². The van der Waals surface area contributed by atoms with E-state index in [1.54, 1.807) is 0 Å². The van der Waals surface area contributed by atoms with Gasteiger partial charge in [0.15, 0.2) is 0 Å². The molecule has 112 valence electrons. The van der Waals surface area contributed by atoms with E-state index >= 15 is 0 Å². The second-order valence-corrected chi connectivity index (χ2v) is 6.22. The molecule has 2 aliphatic carbocycles. The van der Waals surface area contributed by atoms with Crippen LogP contribution in [-0.4, -0.2) is 17.0 Å². The fourth-order valence-corrected chi connectivity index (χ4v) is 3.39. The van der Waals surface area contributed by atoms with E-state index in [1.165, 1.54) is 0 Å². The maximum absolute atomic E-state index is 12.5. The van der Waals surface area contributed by atoms with E-state index in [0.29, 0.717) is 18.8 Å². The van der Waals surface area contributed by atoms with Crippen molar-refractivity contribution in [3.05, 3.63) is 35.9 Å². The van der Waals surface area contributed by atoms with Crippen molar-refractivity contribution in [2.45, 2.75) is 38.1 Å². The van der Waals surface area contributed by atoms with Crippen molar-refractivity contribution in [3.63, 3.8) is 0 Å². The lowest BCUT2D eigenvalue weighted by atomic mass is 9.94. The minimum Gasteiger partial charge on any atom is -0.481 e. The van der Waals surface area contributed by atoms with Crippen molar-refractivity contribution in [1.82, 2.24) is 5.32 Å². The molecule has 2 saturated carbocycles. The highest BCUT2D eigenvalue weighted by atomic mass is 16.4. The molecule has 4 heteroatoms. The molecule has 21 heavy (non-hydrogen) atoms. The summed E-state index contributed by atoms with van der Waals surface area (Å²) in [4.78, 5) is 23.7. The van der Waals surface area contributed by atoms with Crippen LogP contribution in [0.1, 0.15) is 43.7 Å². The molecule has 0 spiro atoms. The van der Waals surface area contributed by atoms with Crippen molar-refractivity contribution < 1.29 is 14.7 Å². The van der Waals surface area contributed by atoms with E-state index < -0.39 is 11.9 Å². The number of rotatable bonds is 5.